The molecule has 1 unspecified atom stereocenters. The van der Waals surface area contributed by atoms with Gasteiger partial charge in [0.25, 0.3) is 5.56 Å². The van der Waals surface area contributed by atoms with Crippen LogP contribution in [-0.2, 0) is 16.1 Å². The standard InChI is InChI=1S/C22H21ClN4O3/c1-2-9-27(12-19-24-18-10-13(23)7-8-15(18)21(29)26-19)22(30)16-11-20(28)25-17-6-4-3-5-14(16)17/h3-8,10,16H,2,9,11-12H2,1H3,(H,25,28)(H,24,26,29). The maximum atomic E-state index is 13.4. The summed E-state index contributed by atoms with van der Waals surface area (Å²) < 4.78 is 0. The van der Waals surface area contributed by atoms with E-state index in [2.05, 4.69) is 15.3 Å². The highest BCUT2D eigenvalue weighted by atomic mass is 35.5. The minimum atomic E-state index is -0.567. The van der Waals surface area contributed by atoms with Gasteiger partial charge in [0, 0.05) is 23.7 Å². The second kappa shape index (κ2) is 8.28. The molecular weight excluding hydrogens is 404 g/mol. The third-order valence-electron chi connectivity index (χ3n) is 5.16. The van der Waals surface area contributed by atoms with Gasteiger partial charge in [-0.3, -0.25) is 14.4 Å². The van der Waals surface area contributed by atoms with Crippen molar-refractivity contribution in [3.8, 4) is 0 Å². The molecule has 0 saturated heterocycles. The van der Waals surface area contributed by atoms with Crippen LogP contribution in [0.5, 0.6) is 0 Å². The van der Waals surface area contributed by atoms with Gasteiger partial charge in [0.15, 0.2) is 0 Å². The maximum Gasteiger partial charge on any atom is 0.258 e. The zero-order chi connectivity index (χ0) is 21.3. The summed E-state index contributed by atoms with van der Waals surface area (Å²) in [6.07, 6.45) is 0.823. The number of fused-ring (bicyclic) bond motifs is 2. The van der Waals surface area contributed by atoms with Gasteiger partial charge in [0.05, 0.1) is 23.4 Å². The lowest BCUT2D eigenvalue weighted by Gasteiger charge is -2.30. The van der Waals surface area contributed by atoms with E-state index in [0.717, 1.165) is 12.0 Å². The van der Waals surface area contributed by atoms with Crippen molar-refractivity contribution in [1.29, 1.82) is 0 Å². The first kappa shape index (κ1) is 20.1. The van der Waals surface area contributed by atoms with Gasteiger partial charge in [-0.1, -0.05) is 36.7 Å². The number of nitrogens with zero attached hydrogens (tertiary/aromatic N) is 2. The summed E-state index contributed by atoms with van der Waals surface area (Å²) in [4.78, 5) is 46.9. The van der Waals surface area contributed by atoms with Gasteiger partial charge >= 0.3 is 0 Å². The van der Waals surface area contributed by atoms with Crippen LogP contribution in [0.15, 0.2) is 47.3 Å². The highest BCUT2D eigenvalue weighted by Crippen LogP contribution is 2.33. The molecule has 154 valence electrons. The molecule has 0 bridgehead atoms. The fourth-order valence-electron chi connectivity index (χ4n) is 3.81. The van der Waals surface area contributed by atoms with Crippen LogP contribution in [0.4, 0.5) is 5.69 Å². The summed E-state index contributed by atoms with van der Waals surface area (Å²) in [5, 5.41) is 3.74. The lowest BCUT2D eigenvalue weighted by atomic mass is 9.89. The second-order valence-electron chi connectivity index (χ2n) is 7.33. The van der Waals surface area contributed by atoms with Crippen LogP contribution in [0.25, 0.3) is 10.9 Å². The molecule has 30 heavy (non-hydrogen) atoms. The molecule has 3 aromatic rings. The molecule has 2 N–H and O–H groups in total. The van der Waals surface area contributed by atoms with Gasteiger partial charge in [0.2, 0.25) is 11.8 Å². The Morgan fingerprint density at radius 3 is 2.83 bits per heavy atom. The van der Waals surface area contributed by atoms with E-state index in [1.54, 1.807) is 29.2 Å². The molecule has 2 heterocycles. The molecule has 4 rings (SSSR count). The molecule has 0 spiro atoms. The average molecular weight is 425 g/mol. The van der Waals surface area contributed by atoms with Crippen molar-refractivity contribution in [1.82, 2.24) is 14.9 Å². The minimum absolute atomic E-state index is 0.0906. The van der Waals surface area contributed by atoms with Crippen molar-refractivity contribution in [2.24, 2.45) is 0 Å². The van der Waals surface area contributed by atoms with Crippen LogP contribution in [-0.4, -0.2) is 33.2 Å². The number of carbonyl (C=O) groups excluding carboxylic acids is 2. The molecule has 1 aliphatic rings. The van der Waals surface area contributed by atoms with E-state index in [4.69, 9.17) is 11.6 Å². The first-order valence-electron chi connectivity index (χ1n) is 9.82. The summed E-state index contributed by atoms with van der Waals surface area (Å²) in [7, 11) is 0. The number of benzene rings is 2. The Kier molecular flexibility index (Phi) is 5.55. The highest BCUT2D eigenvalue weighted by molar-refractivity contribution is 6.31. The lowest BCUT2D eigenvalue weighted by Crippen LogP contribution is -2.39. The Morgan fingerprint density at radius 1 is 1.23 bits per heavy atom. The van der Waals surface area contributed by atoms with Crippen molar-refractivity contribution in [3.05, 3.63) is 69.2 Å². The molecule has 0 radical (unpaired) electrons. The SMILES string of the molecule is CCCN(Cc1nc2cc(Cl)ccc2c(=O)[nH]1)C(=O)C1CC(=O)Nc2ccccc21. The summed E-state index contributed by atoms with van der Waals surface area (Å²) in [5.74, 6) is -0.531. The zero-order valence-electron chi connectivity index (χ0n) is 16.4. The number of hydrogen-bond acceptors (Lipinski definition) is 4. The first-order valence-corrected chi connectivity index (χ1v) is 10.2. The summed E-state index contributed by atoms with van der Waals surface area (Å²) >= 11 is 6.04. The molecule has 0 saturated carbocycles. The normalized spacial score (nSPS) is 15.5. The van der Waals surface area contributed by atoms with Crippen molar-refractivity contribution in [2.75, 3.05) is 11.9 Å². The summed E-state index contributed by atoms with van der Waals surface area (Å²) in [6.45, 7) is 2.60. The number of aromatic nitrogens is 2. The quantitative estimate of drug-likeness (QED) is 0.655. The van der Waals surface area contributed by atoms with Gasteiger partial charge < -0.3 is 15.2 Å². The molecule has 0 fully saturated rings. The predicted octanol–water partition coefficient (Wildman–Crippen LogP) is 3.44. The van der Waals surface area contributed by atoms with Crippen LogP contribution >= 0.6 is 11.6 Å². The van der Waals surface area contributed by atoms with Crippen molar-refractivity contribution >= 4 is 40.0 Å². The highest BCUT2D eigenvalue weighted by Gasteiger charge is 2.33. The number of carbonyl (C=O) groups is 2. The van der Waals surface area contributed by atoms with Crippen molar-refractivity contribution in [2.45, 2.75) is 32.2 Å². The smallest absolute Gasteiger partial charge is 0.258 e. The van der Waals surface area contributed by atoms with Gasteiger partial charge in [-0.05, 0) is 36.2 Å². The van der Waals surface area contributed by atoms with E-state index < -0.39 is 5.92 Å². The van der Waals surface area contributed by atoms with Gasteiger partial charge in [-0.25, -0.2) is 4.98 Å². The lowest BCUT2D eigenvalue weighted by molar-refractivity contribution is -0.135. The van der Waals surface area contributed by atoms with Crippen LogP contribution < -0.4 is 10.9 Å². The molecule has 8 heteroatoms. The van der Waals surface area contributed by atoms with Crippen molar-refractivity contribution in [3.63, 3.8) is 0 Å². The number of nitrogens with one attached hydrogen (secondary N) is 2. The van der Waals surface area contributed by atoms with Crippen LogP contribution in [0.3, 0.4) is 0 Å². The third-order valence-corrected chi connectivity index (χ3v) is 5.40. The number of amides is 2. The molecule has 1 aromatic heterocycles. The molecule has 7 nitrogen and oxygen atoms in total. The van der Waals surface area contributed by atoms with Crippen LogP contribution in [0.1, 0.15) is 37.1 Å². The van der Waals surface area contributed by atoms with E-state index in [1.807, 2.05) is 25.1 Å². The number of hydrogen-bond donors (Lipinski definition) is 2. The number of para-hydroxylation sites is 1. The number of halogens is 1. The van der Waals surface area contributed by atoms with Gasteiger partial charge in [-0.15, -0.1) is 0 Å². The number of H-pyrrole nitrogens is 1. The van der Waals surface area contributed by atoms with E-state index in [0.29, 0.717) is 34.0 Å². The topological polar surface area (TPSA) is 95.2 Å². The molecule has 0 aliphatic carbocycles. The monoisotopic (exact) mass is 424 g/mol. The number of aromatic amines is 1. The molecule has 1 aliphatic heterocycles. The molecule has 1 atom stereocenters. The molecule has 2 aromatic carbocycles. The Balaban J connectivity index is 1.66. The third kappa shape index (κ3) is 3.93. The molecular formula is C22H21ClN4O3. The Bertz CT molecular complexity index is 1190. The number of rotatable bonds is 5. The zero-order valence-corrected chi connectivity index (χ0v) is 17.2. The second-order valence-corrected chi connectivity index (χ2v) is 7.76. The van der Waals surface area contributed by atoms with E-state index >= 15 is 0 Å². The first-order chi connectivity index (χ1) is 14.5. The van der Waals surface area contributed by atoms with Crippen molar-refractivity contribution < 1.29 is 9.59 Å². The number of anilines is 1. The Labute approximate surface area is 178 Å². The predicted molar refractivity (Wildman–Crippen MR) is 116 cm³/mol. The maximum absolute atomic E-state index is 13.4. The van der Waals surface area contributed by atoms with Gasteiger partial charge in [-0.2, -0.15) is 0 Å². The van der Waals surface area contributed by atoms with E-state index in [-0.39, 0.29) is 30.3 Å². The summed E-state index contributed by atoms with van der Waals surface area (Å²) in [6, 6.07) is 12.2. The minimum Gasteiger partial charge on any atom is -0.335 e. The average Bonchev–Trinajstić information content (AvgIpc) is 2.72. The van der Waals surface area contributed by atoms with Crippen LogP contribution in [0, 0.1) is 0 Å². The largest absolute Gasteiger partial charge is 0.335 e. The summed E-state index contributed by atoms with van der Waals surface area (Å²) in [5.41, 5.74) is 1.66. The van der Waals surface area contributed by atoms with Gasteiger partial charge in [0.1, 0.15) is 5.82 Å². The van der Waals surface area contributed by atoms with Crippen LogP contribution in [0.2, 0.25) is 5.02 Å². The van der Waals surface area contributed by atoms with E-state index in [9.17, 15) is 14.4 Å². The fourth-order valence-corrected chi connectivity index (χ4v) is 3.97. The Hall–Kier alpha value is -3.19. The fraction of sp³-hybridized carbons (Fsp3) is 0.273. The van der Waals surface area contributed by atoms with E-state index in [1.165, 1.54) is 0 Å². The Morgan fingerprint density at radius 2 is 2.03 bits per heavy atom. The molecule has 2 amide bonds.